The van der Waals surface area contributed by atoms with Gasteiger partial charge in [-0.2, -0.15) is 0 Å². The minimum atomic E-state index is 0.110. The van der Waals surface area contributed by atoms with Gasteiger partial charge in [0.05, 0.1) is 0 Å². The van der Waals surface area contributed by atoms with Gasteiger partial charge in [0.15, 0.2) is 5.82 Å². The second kappa shape index (κ2) is 8.30. The molecular weight excluding hydrogens is 324 g/mol. The van der Waals surface area contributed by atoms with Crippen LogP contribution in [0, 0.1) is 12.8 Å². The Balaban J connectivity index is 1.64. The summed E-state index contributed by atoms with van der Waals surface area (Å²) in [5.74, 6) is 2.00. The minimum Gasteiger partial charge on any atom is -0.356 e. The summed E-state index contributed by atoms with van der Waals surface area (Å²) in [5, 5.41) is 3.11. The molecule has 1 aromatic heterocycles. The maximum Gasteiger partial charge on any atom is 0.223 e. The van der Waals surface area contributed by atoms with Crippen molar-refractivity contribution in [3.05, 3.63) is 42.1 Å². The van der Waals surface area contributed by atoms with E-state index in [1.807, 2.05) is 12.3 Å². The standard InChI is InChI=1S/C21H28N4O/c1-4-16(3)23-21(26)18-10-13-25(14-11-18)19-9-12-22-20(24-19)17-7-5-15(2)6-8-17/h5-9,12,16,18H,4,10-11,13-14H2,1-3H3,(H,23,26). The van der Waals surface area contributed by atoms with Crippen molar-refractivity contribution in [2.45, 2.75) is 46.1 Å². The second-order valence-corrected chi connectivity index (χ2v) is 7.18. The number of benzene rings is 1. The van der Waals surface area contributed by atoms with Gasteiger partial charge in [0.25, 0.3) is 0 Å². The predicted octanol–water partition coefficient (Wildman–Crippen LogP) is 3.58. The highest BCUT2D eigenvalue weighted by Crippen LogP contribution is 2.24. The minimum absolute atomic E-state index is 0.110. The molecule has 2 aromatic rings. The molecule has 1 N–H and O–H groups in total. The molecule has 5 nitrogen and oxygen atoms in total. The first-order chi connectivity index (χ1) is 12.6. The van der Waals surface area contributed by atoms with E-state index in [0.717, 1.165) is 49.6 Å². The van der Waals surface area contributed by atoms with Gasteiger partial charge in [0.1, 0.15) is 5.82 Å². The SMILES string of the molecule is CCC(C)NC(=O)C1CCN(c2ccnc(-c3ccc(C)cc3)n2)CC1. The molecule has 0 spiro atoms. The number of aromatic nitrogens is 2. The summed E-state index contributed by atoms with van der Waals surface area (Å²) >= 11 is 0. The summed E-state index contributed by atoms with van der Waals surface area (Å²) in [5.41, 5.74) is 2.25. The van der Waals surface area contributed by atoms with E-state index in [0.29, 0.717) is 0 Å². The maximum absolute atomic E-state index is 12.3. The molecule has 138 valence electrons. The van der Waals surface area contributed by atoms with Crippen LogP contribution < -0.4 is 10.2 Å². The molecule has 0 radical (unpaired) electrons. The van der Waals surface area contributed by atoms with Crippen LogP contribution in [-0.2, 0) is 4.79 Å². The Morgan fingerprint density at radius 3 is 2.58 bits per heavy atom. The van der Waals surface area contributed by atoms with Gasteiger partial charge in [0, 0.05) is 36.8 Å². The predicted molar refractivity (Wildman–Crippen MR) is 105 cm³/mol. The first-order valence-corrected chi connectivity index (χ1v) is 9.52. The lowest BCUT2D eigenvalue weighted by molar-refractivity contribution is -0.126. The monoisotopic (exact) mass is 352 g/mol. The van der Waals surface area contributed by atoms with E-state index in [1.165, 1.54) is 5.56 Å². The van der Waals surface area contributed by atoms with Crippen LogP contribution in [0.1, 0.15) is 38.7 Å². The lowest BCUT2D eigenvalue weighted by Crippen LogP contribution is -2.43. The Labute approximate surface area is 155 Å². The lowest BCUT2D eigenvalue weighted by atomic mass is 9.95. The van der Waals surface area contributed by atoms with E-state index in [1.54, 1.807) is 0 Å². The zero-order valence-corrected chi connectivity index (χ0v) is 15.9. The van der Waals surface area contributed by atoms with Crippen LogP contribution in [0.15, 0.2) is 36.5 Å². The number of aryl methyl sites for hydroxylation is 1. The Kier molecular flexibility index (Phi) is 5.86. The van der Waals surface area contributed by atoms with Gasteiger partial charge in [-0.05, 0) is 39.2 Å². The topological polar surface area (TPSA) is 58.1 Å². The van der Waals surface area contributed by atoms with Crippen molar-refractivity contribution in [1.82, 2.24) is 15.3 Å². The van der Waals surface area contributed by atoms with Gasteiger partial charge >= 0.3 is 0 Å². The molecule has 1 atom stereocenters. The Morgan fingerprint density at radius 2 is 1.92 bits per heavy atom. The van der Waals surface area contributed by atoms with Crippen molar-refractivity contribution in [2.24, 2.45) is 5.92 Å². The van der Waals surface area contributed by atoms with Gasteiger partial charge < -0.3 is 10.2 Å². The molecule has 1 amide bonds. The Morgan fingerprint density at radius 1 is 1.23 bits per heavy atom. The van der Waals surface area contributed by atoms with Gasteiger partial charge in [-0.1, -0.05) is 36.8 Å². The van der Waals surface area contributed by atoms with Gasteiger partial charge in [0.2, 0.25) is 5.91 Å². The summed E-state index contributed by atoms with van der Waals surface area (Å²) in [7, 11) is 0. The van der Waals surface area contributed by atoms with Crippen LogP contribution >= 0.6 is 0 Å². The van der Waals surface area contributed by atoms with E-state index < -0.39 is 0 Å². The summed E-state index contributed by atoms with van der Waals surface area (Å²) in [6, 6.07) is 10.5. The first-order valence-electron chi connectivity index (χ1n) is 9.52. The molecule has 1 aromatic carbocycles. The second-order valence-electron chi connectivity index (χ2n) is 7.18. The normalized spacial score (nSPS) is 16.3. The number of carbonyl (C=O) groups is 1. The van der Waals surface area contributed by atoms with Crippen LogP contribution in [0.25, 0.3) is 11.4 Å². The van der Waals surface area contributed by atoms with Gasteiger partial charge in [-0.25, -0.2) is 9.97 Å². The molecule has 26 heavy (non-hydrogen) atoms. The van der Waals surface area contributed by atoms with E-state index in [4.69, 9.17) is 4.98 Å². The highest BCUT2D eigenvalue weighted by molar-refractivity contribution is 5.79. The number of amides is 1. The average molecular weight is 352 g/mol. The van der Waals surface area contributed by atoms with Crippen molar-refractivity contribution in [3.63, 3.8) is 0 Å². The lowest BCUT2D eigenvalue weighted by Gasteiger charge is -2.32. The van der Waals surface area contributed by atoms with Crippen molar-refractivity contribution in [2.75, 3.05) is 18.0 Å². The molecule has 1 saturated heterocycles. The molecule has 0 saturated carbocycles. The fourth-order valence-electron chi connectivity index (χ4n) is 3.20. The van der Waals surface area contributed by atoms with E-state index in [9.17, 15) is 4.79 Å². The number of nitrogens with zero attached hydrogens (tertiary/aromatic N) is 3. The van der Waals surface area contributed by atoms with Crippen molar-refractivity contribution in [3.8, 4) is 11.4 Å². The summed E-state index contributed by atoms with van der Waals surface area (Å²) in [4.78, 5) is 23.7. The summed E-state index contributed by atoms with van der Waals surface area (Å²) < 4.78 is 0. The van der Waals surface area contributed by atoms with Crippen molar-refractivity contribution in [1.29, 1.82) is 0 Å². The number of hydrogen-bond acceptors (Lipinski definition) is 4. The fraction of sp³-hybridized carbons (Fsp3) is 0.476. The highest BCUT2D eigenvalue weighted by Gasteiger charge is 2.26. The zero-order valence-electron chi connectivity index (χ0n) is 15.9. The van der Waals surface area contributed by atoms with Crippen LogP contribution in [0.4, 0.5) is 5.82 Å². The molecule has 5 heteroatoms. The molecule has 3 rings (SSSR count). The third kappa shape index (κ3) is 4.40. The average Bonchev–Trinajstić information content (AvgIpc) is 2.68. The van der Waals surface area contributed by atoms with E-state index in [2.05, 4.69) is 60.2 Å². The number of nitrogens with one attached hydrogen (secondary N) is 1. The molecule has 0 bridgehead atoms. The first kappa shape index (κ1) is 18.4. The van der Waals surface area contributed by atoms with Crippen molar-refractivity contribution < 1.29 is 4.79 Å². The van der Waals surface area contributed by atoms with Crippen LogP contribution in [0.5, 0.6) is 0 Å². The van der Waals surface area contributed by atoms with Crippen LogP contribution in [-0.4, -0.2) is 35.0 Å². The third-order valence-electron chi connectivity index (χ3n) is 5.14. The molecular formula is C21H28N4O. The highest BCUT2D eigenvalue weighted by atomic mass is 16.1. The van der Waals surface area contributed by atoms with E-state index in [-0.39, 0.29) is 17.9 Å². The number of anilines is 1. The summed E-state index contributed by atoms with van der Waals surface area (Å²) in [6.45, 7) is 7.92. The molecule has 1 unspecified atom stereocenters. The quantitative estimate of drug-likeness (QED) is 0.893. The number of piperidine rings is 1. The largest absolute Gasteiger partial charge is 0.356 e. The van der Waals surface area contributed by atoms with Crippen LogP contribution in [0.2, 0.25) is 0 Å². The zero-order chi connectivity index (χ0) is 18.5. The Bertz CT molecular complexity index is 736. The maximum atomic E-state index is 12.3. The number of carbonyl (C=O) groups excluding carboxylic acids is 1. The molecule has 1 fully saturated rings. The molecule has 0 aliphatic carbocycles. The smallest absolute Gasteiger partial charge is 0.223 e. The number of rotatable bonds is 5. The third-order valence-corrected chi connectivity index (χ3v) is 5.14. The molecule has 1 aliphatic heterocycles. The van der Waals surface area contributed by atoms with E-state index >= 15 is 0 Å². The van der Waals surface area contributed by atoms with Gasteiger partial charge in [-0.3, -0.25) is 4.79 Å². The molecule has 1 aliphatic rings. The summed E-state index contributed by atoms with van der Waals surface area (Å²) in [6.07, 6.45) is 4.52. The number of hydrogen-bond donors (Lipinski definition) is 1. The Hall–Kier alpha value is -2.43. The fourth-order valence-corrected chi connectivity index (χ4v) is 3.20. The van der Waals surface area contributed by atoms with Gasteiger partial charge in [-0.15, -0.1) is 0 Å². The van der Waals surface area contributed by atoms with Crippen molar-refractivity contribution >= 4 is 11.7 Å². The molecule has 2 heterocycles. The van der Waals surface area contributed by atoms with Crippen LogP contribution in [0.3, 0.4) is 0 Å².